The predicted octanol–water partition coefficient (Wildman–Crippen LogP) is 2.78. The minimum atomic E-state index is -3.80. The number of para-hydroxylation sites is 1. The van der Waals surface area contributed by atoms with Crippen LogP contribution >= 0.6 is 11.6 Å². The molecule has 0 radical (unpaired) electrons. The summed E-state index contributed by atoms with van der Waals surface area (Å²) in [7, 11) is -2.41. The molecule has 0 N–H and O–H groups in total. The predicted molar refractivity (Wildman–Crippen MR) is 110 cm³/mol. The molecule has 1 aliphatic rings. The second-order valence-corrected chi connectivity index (χ2v) is 9.05. The summed E-state index contributed by atoms with van der Waals surface area (Å²) in [5, 5.41) is 0.442. The van der Waals surface area contributed by atoms with Crippen molar-refractivity contribution in [1.82, 2.24) is 9.21 Å². The van der Waals surface area contributed by atoms with Crippen molar-refractivity contribution in [2.45, 2.75) is 18.4 Å². The number of likely N-dealkylation sites (N-methyl/N-ethyl adjacent to an activating group) is 2. The maximum Gasteiger partial charge on any atom is 0.243 e. The summed E-state index contributed by atoms with van der Waals surface area (Å²) in [6.45, 7) is 3.24. The van der Waals surface area contributed by atoms with Crippen LogP contribution < -0.4 is 9.47 Å². The lowest BCUT2D eigenvalue weighted by Crippen LogP contribution is -2.40. The first kappa shape index (κ1) is 21.4. The van der Waals surface area contributed by atoms with Gasteiger partial charge in [-0.1, -0.05) is 23.7 Å². The van der Waals surface area contributed by atoms with Crippen molar-refractivity contribution in [3.8, 4) is 11.5 Å². The largest absolute Gasteiger partial charge is 0.486 e. The molecule has 0 fully saturated rings. The van der Waals surface area contributed by atoms with E-state index >= 15 is 0 Å². The van der Waals surface area contributed by atoms with Crippen molar-refractivity contribution in [1.29, 1.82) is 0 Å². The van der Waals surface area contributed by atoms with Crippen molar-refractivity contribution >= 4 is 27.5 Å². The van der Waals surface area contributed by atoms with E-state index in [0.29, 0.717) is 42.8 Å². The molecule has 2 aromatic carbocycles. The molecule has 1 heterocycles. The number of fused-ring (bicyclic) bond motifs is 1. The second kappa shape index (κ2) is 9.02. The fraction of sp³-hybridized carbons (Fsp3) is 0.350. The Labute approximate surface area is 175 Å². The first-order chi connectivity index (χ1) is 13.8. The fourth-order valence-electron chi connectivity index (χ4n) is 3.00. The van der Waals surface area contributed by atoms with Crippen LogP contribution in [0.3, 0.4) is 0 Å². The van der Waals surface area contributed by atoms with Gasteiger partial charge in [0.1, 0.15) is 13.2 Å². The molecule has 0 spiro atoms. The first-order valence-corrected chi connectivity index (χ1v) is 11.0. The van der Waals surface area contributed by atoms with E-state index in [1.54, 1.807) is 4.90 Å². The summed E-state index contributed by atoms with van der Waals surface area (Å²) in [5.41, 5.74) is 0.820. The lowest BCUT2D eigenvalue weighted by Gasteiger charge is -2.27. The highest BCUT2D eigenvalue weighted by molar-refractivity contribution is 7.89. The summed E-state index contributed by atoms with van der Waals surface area (Å²) in [4.78, 5) is 14.5. The molecule has 0 atom stereocenters. The Morgan fingerprint density at radius 3 is 2.48 bits per heavy atom. The van der Waals surface area contributed by atoms with Gasteiger partial charge in [0.05, 0.1) is 11.4 Å². The molecule has 0 unspecified atom stereocenters. The Morgan fingerprint density at radius 2 is 1.79 bits per heavy atom. The quantitative estimate of drug-likeness (QED) is 0.664. The smallest absolute Gasteiger partial charge is 0.243 e. The molecule has 0 aromatic heterocycles. The summed E-state index contributed by atoms with van der Waals surface area (Å²) in [6.07, 6.45) is 0. The highest BCUT2D eigenvalue weighted by Gasteiger charge is 2.26. The maximum absolute atomic E-state index is 12.8. The molecule has 7 nitrogen and oxygen atoms in total. The Hall–Kier alpha value is -2.29. The van der Waals surface area contributed by atoms with Gasteiger partial charge < -0.3 is 14.4 Å². The number of amides is 1. The van der Waals surface area contributed by atoms with Crippen LogP contribution in [0.15, 0.2) is 47.4 Å². The Balaban J connectivity index is 1.72. The third kappa shape index (κ3) is 4.83. The van der Waals surface area contributed by atoms with E-state index in [-0.39, 0.29) is 17.3 Å². The minimum absolute atomic E-state index is 0.0860. The van der Waals surface area contributed by atoms with E-state index < -0.39 is 10.0 Å². The summed E-state index contributed by atoms with van der Waals surface area (Å²) < 4.78 is 37.8. The Bertz CT molecular complexity index is 979. The average Bonchev–Trinajstić information content (AvgIpc) is 2.72. The van der Waals surface area contributed by atoms with E-state index in [4.69, 9.17) is 21.1 Å². The number of ether oxygens (including phenoxy) is 2. The van der Waals surface area contributed by atoms with Crippen LogP contribution in [0.25, 0.3) is 0 Å². The number of hydrogen-bond donors (Lipinski definition) is 0. The molecule has 0 saturated carbocycles. The van der Waals surface area contributed by atoms with Gasteiger partial charge in [0.2, 0.25) is 15.9 Å². The average molecular weight is 439 g/mol. The van der Waals surface area contributed by atoms with Crippen molar-refractivity contribution in [2.24, 2.45) is 0 Å². The molecule has 2 aromatic rings. The number of hydrogen-bond acceptors (Lipinski definition) is 5. The van der Waals surface area contributed by atoms with Gasteiger partial charge in [-0.3, -0.25) is 4.79 Å². The molecule has 0 saturated heterocycles. The Kier molecular flexibility index (Phi) is 6.66. The number of benzene rings is 2. The molecule has 0 bridgehead atoms. The number of rotatable bonds is 7. The lowest BCUT2D eigenvalue weighted by molar-refractivity contribution is -0.131. The molecular weight excluding hydrogens is 416 g/mol. The van der Waals surface area contributed by atoms with E-state index in [2.05, 4.69) is 0 Å². The molecule has 156 valence electrons. The van der Waals surface area contributed by atoms with Gasteiger partial charge in [-0.15, -0.1) is 0 Å². The molecule has 1 amide bonds. The highest BCUT2D eigenvalue weighted by Crippen LogP contribution is 2.34. The molecular formula is C20H23ClN2O5S. The van der Waals surface area contributed by atoms with E-state index in [0.717, 1.165) is 9.87 Å². The van der Waals surface area contributed by atoms with Crippen LogP contribution in [0.1, 0.15) is 12.5 Å². The van der Waals surface area contributed by atoms with Gasteiger partial charge in [0.25, 0.3) is 0 Å². The van der Waals surface area contributed by atoms with Gasteiger partial charge in [-0.2, -0.15) is 4.31 Å². The minimum Gasteiger partial charge on any atom is -0.486 e. The van der Waals surface area contributed by atoms with Crippen molar-refractivity contribution in [2.75, 3.05) is 33.4 Å². The van der Waals surface area contributed by atoms with Crippen LogP contribution in [0.5, 0.6) is 11.5 Å². The van der Waals surface area contributed by atoms with Crippen molar-refractivity contribution < 1.29 is 22.7 Å². The van der Waals surface area contributed by atoms with Crippen molar-refractivity contribution in [3.05, 3.63) is 53.1 Å². The molecule has 1 aliphatic heterocycles. The monoisotopic (exact) mass is 438 g/mol. The van der Waals surface area contributed by atoms with Crippen LogP contribution in [0.4, 0.5) is 0 Å². The van der Waals surface area contributed by atoms with Crippen LogP contribution in [-0.2, 0) is 21.4 Å². The zero-order chi connectivity index (χ0) is 21.0. The fourth-order valence-corrected chi connectivity index (χ4v) is 4.25. The Morgan fingerprint density at radius 1 is 1.10 bits per heavy atom. The van der Waals surface area contributed by atoms with E-state index in [1.165, 1.54) is 31.3 Å². The number of carbonyl (C=O) groups is 1. The summed E-state index contributed by atoms with van der Waals surface area (Å²) in [6, 6.07) is 11.4. The highest BCUT2D eigenvalue weighted by atomic mass is 35.5. The second-order valence-electron chi connectivity index (χ2n) is 6.56. The van der Waals surface area contributed by atoms with Crippen molar-refractivity contribution in [3.63, 3.8) is 0 Å². The van der Waals surface area contributed by atoms with Gasteiger partial charge in [-0.25, -0.2) is 8.42 Å². The van der Waals surface area contributed by atoms with Gasteiger partial charge >= 0.3 is 0 Å². The number of sulfonamides is 1. The zero-order valence-corrected chi connectivity index (χ0v) is 17.9. The van der Waals surface area contributed by atoms with Crippen LogP contribution in [0.2, 0.25) is 5.02 Å². The standard InChI is InChI=1S/C20H23ClN2O5S/c1-3-23(13-15-5-4-6-18-20(15)28-12-11-27-18)19(24)14-22(2)29(25,26)17-9-7-16(21)8-10-17/h4-10H,3,11-14H2,1-2H3. The number of nitrogens with zero attached hydrogens (tertiary/aromatic N) is 2. The van der Waals surface area contributed by atoms with Gasteiger partial charge in [0, 0.05) is 30.7 Å². The normalized spacial score (nSPS) is 13.4. The number of halogens is 1. The molecule has 3 rings (SSSR count). The van der Waals surface area contributed by atoms with Crippen LogP contribution in [0, 0.1) is 0 Å². The third-order valence-electron chi connectivity index (χ3n) is 4.62. The van der Waals surface area contributed by atoms with E-state index in [1.807, 2.05) is 25.1 Å². The van der Waals surface area contributed by atoms with E-state index in [9.17, 15) is 13.2 Å². The molecule has 0 aliphatic carbocycles. The first-order valence-electron chi connectivity index (χ1n) is 9.20. The molecule has 29 heavy (non-hydrogen) atoms. The van der Waals surface area contributed by atoms with Crippen LogP contribution in [-0.4, -0.2) is 56.9 Å². The summed E-state index contributed by atoms with van der Waals surface area (Å²) in [5.74, 6) is 0.980. The third-order valence-corrected chi connectivity index (χ3v) is 6.69. The topological polar surface area (TPSA) is 76.2 Å². The zero-order valence-electron chi connectivity index (χ0n) is 16.3. The number of carbonyl (C=O) groups excluding carboxylic acids is 1. The maximum atomic E-state index is 12.8. The lowest BCUT2D eigenvalue weighted by atomic mass is 10.1. The molecule has 9 heteroatoms. The SMILES string of the molecule is CCN(Cc1cccc2c1OCCO2)C(=O)CN(C)S(=O)(=O)c1ccc(Cl)cc1. The van der Waals surface area contributed by atoms with Gasteiger partial charge in [0.15, 0.2) is 11.5 Å². The summed E-state index contributed by atoms with van der Waals surface area (Å²) >= 11 is 5.83. The van der Waals surface area contributed by atoms with Gasteiger partial charge in [-0.05, 0) is 37.3 Å².